The van der Waals surface area contributed by atoms with Crippen LogP contribution in [0.15, 0.2) is 29.9 Å². The number of rotatable bonds is 0. The van der Waals surface area contributed by atoms with Crippen molar-refractivity contribution in [3.8, 4) is 0 Å². The van der Waals surface area contributed by atoms with Crippen LogP contribution in [0.2, 0.25) is 0 Å². The second-order valence-corrected chi connectivity index (χ2v) is 4.50. The molecule has 0 bridgehead atoms. The van der Waals surface area contributed by atoms with Crippen LogP contribution in [0.5, 0.6) is 0 Å². The monoisotopic (exact) mass is 209 g/mol. The molecular weight excluding hydrogens is 206 g/mol. The van der Waals surface area contributed by atoms with E-state index in [2.05, 4.69) is 28.3 Å². The minimum atomic E-state index is -0.159. The van der Waals surface area contributed by atoms with Crippen LogP contribution >= 0.6 is 0 Å². The fourth-order valence-corrected chi connectivity index (χ4v) is 3.02. The van der Waals surface area contributed by atoms with Gasteiger partial charge in [0.1, 0.15) is 0 Å². The van der Waals surface area contributed by atoms with E-state index in [0.29, 0.717) is 0 Å². The molecule has 0 unspecified atom stereocenters. The fourth-order valence-electron chi connectivity index (χ4n) is 0.820. The quantitative estimate of drug-likeness (QED) is 0.516. The van der Waals surface area contributed by atoms with Crippen LogP contribution < -0.4 is 0 Å². The van der Waals surface area contributed by atoms with E-state index < -0.39 is 0 Å². The van der Waals surface area contributed by atoms with Crippen molar-refractivity contribution in [2.75, 3.05) is 0 Å². The van der Waals surface area contributed by atoms with Crippen molar-refractivity contribution in [3.05, 3.63) is 33.9 Å². The van der Waals surface area contributed by atoms with Gasteiger partial charge in [0, 0.05) is 0 Å². The fraction of sp³-hybridized carbons (Fsp3) is 0. The van der Waals surface area contributed by atoms with Gasteiger partial charge in [-0.05, 0) is 0 Å². The summed E-state index contributed by atoms with van der Waals surface area (Å²) >= 11 is -0.159. The Hall–Kier alpha value is -0.0918. The van der Waals surface area contributed by atoms with Gasteiger partial charge in [0.2, 0.25) is 0 Å². The molecule has 1 aliphatic heterocycles. The molecule has 2 aliphatic rings. The number of hydrogen-bond acceptors (Lipinski definition) is 0. The van der Waals surface area contributed by atoms with Gasteiger partial charge >= 0.3 is 58.5 Å². The molecule has 0 saturated heterocycles. The van der Waals surface area contributed by atoms with Gasteiger partial charge in [0.05, 0.1) is 0 Å². The molecule has 2 rings (SSSR count). The van der Waals surface area contributed by atoms with Gasteiger partial charge in [-0.2, -0.15) is 0 Å². The van der Waals surface area contributed by atoms with Gasteiger partial charge in [0.25, 0.3) is 0 Å². The zero-order valence-corrected chi connectivity index (χ0v) is 6.81. The van der Waals surface area contributed by atoms with E-state index in [1.165, 1.54) is 5.57 Å². The SMILES string of the molecule is [C]1=CC2=CC=C[C]2=[Sb]1. The van der Waals surface area contributed by atoms with E-state index >= 15 is 0 Å². The maximum atomic E-state index is 3.29. The molecule has 1 aliphatic carbocycles. The average molecular weight is 210 g/mol. The normalized spacial score (nSPS) is 21.0. The molecule has 0 saturated carbocycles. The van der Waals surface area contributed by atoms with Crippen molar-refractivity contribution in [2.24, 2.45) is 0 Å². The van der Waals surface area contributed by atoms with Gasteiger partial charge in [-0.1, -0.05) is 0 Å². The molecule has 0 spiro atoms. The summed E-state index contributed by atoms with van der Waals surface area (Å²) in [6, 6.07) is 0. The number of hydrogen-bond donors (Lipinski definition) is 0. The summed E-state index contributed by atoms with van der Waals surface area (Å²) in [5.41, 5.74) is 1.42. The Kier molecular flexibility index (Phi) is 1.01. The minimum absolute atomic E-state index is 0.159. The predicted molar refractivity (Wildman–Crippen MR) is 35.8 cm³/mol. The van der Waals surface area contributed by atoms with E-state index in [1.54, 1.807) is 3.45 Å². The second kappa shape index (κ2) is 1.70. The Labute approximate surface area is 58.6 Å². The van der Waals surface area contributed by atoms with Gasteiger partial charge in [-0.15, -0.1) is 0 Å². The molecule has 1 radical (unpaired) electrons. The molecule has 1 heteroatoms. The second-order valence-electron chi connectivity index (χ2n) is 1.75. The third kappa shape index (κ3) is 0.562. The van der Waals surface area contributed by atoms with E-state index in [0.717, 1.165) is 0 Å². The number of fused-ring (bicyclic) bond motifs is 1. The van der Waals surface area contributed by atoms with Crippen molar-refractivity contribution in [3.63, 3.8) is 0 Å². The van der Waals surface area contributed by atoms with Crippen LogP contribution in [-0.2, 0) is 0 Å². The first-order chi connectivity index (χ1) is 3.97. The maximum absolute atomic E-state index is 3.29. The molecule has 0 atom stereocenters. The van der Waals surface area contributed by atoms with Crippen molar-refractivity contribution in [2.45, 2.75) is 0 Å². The van der Waals surface area contributed by atoms with Crippen LogP contribution in [0.3, 0.4) is 0 Å². The summed E-state index contributed by atoms with van der Waals surface area (Å²) in [5.74, 6) is 0. The molecule has 0 aromatic rings. The summed E-state index contributed by atoms with van der Waals surface area (Å²) in [7, 11) is 0. The van der Waals surface area contributed by atoms with Gasteiger partial charge in [-0.25, -0.2) is 0 Å². The van der Waals surface area contributed by atoms with Crippen LogP contribution in [0.1, 0.15) is 0 Å². The standard InChI is InChI=1S/C7H4.Sb/c1-2-7-5-3-4-6-7;/h2-5H;. The molecule has 0 amide bonds. The summed E-state index contributed by atoms with van der Waals surface area (Å²) < 4.78 is 4.86. The molecule has 0 N–H and O–H groups in total. The Morgan fingerprint density at radius 1 is 1.50 bits per heavy atom. The first-order valence-corrected chi connectivity index (χ1v) is 5.07. The van der Waals surface area contributed by atoms with Crippen molar-refractivity contribution in [1.29, 1.82) is 0 Å². The Morgan fingerprint density at radius 3 is 3.38 bits per heavy atom. The summed E-state index contributed by atoms with van der Waals surface area (Å²) in [6.45, 7) is 0. The number of allylic oxidation sites excluding steroid dienone is 5. The average Bonchev–Trinajstić information content (AvgIpc) is 2.15. The zero-order valence-electron chi connectivity index (χ0n) is 4.26. The first kappa shape index (κ1) is 4.76. The van der Waals surface area contributed by atoms with E-state index in [9.17, 15) is 0 Å². The summed E-state index contributed by atoms with van der Waals surface area (Å²) in [4.78, 5) is 0. The molecule has 0 fully saturated rings. The van der Waals surface area contributed by atoms with Crippen molar-refractivity contribution >= 4 is 24.6 Å². The van der Waals surface area contributed by atoms with Gasteiger partial charge < -0.3 is 0 Å². The Morgan fingerprint density at radius 2 is 2.50 bits per heavy atom. The molecule has 1 heterocycles. The zero-order chi connectivity index (χ0) is 5.40. The topological polar surface area (TPSA) is 0 Å². The van der Waals surface area contributed by atoms with Gasteiger partial charge in [-0.3, -0.25) is 0 Å². The van der Waals surface area contributed by atoms with E-state index in [4.69, 9.17) is 0 Å². The molecule has 8 heavy (non-hydrogen) atoms. The molecule has 0 aromatic carbocycles. The van der Waals surface area contributed by atoms with Crippen molar-refractivity contribution in [1.82, 2.24) is 0 Å². The predicted octanol–water partition coefficient (Wildman–Crippen LogP) is 0.690. The first-order valence-electron chi connectivity index (χ1n) is 2.52. The van der Waals surface area contributed by atoms with Crippen LogP contribution in [0, 0.1) is 4.02 Å². The molecule has 37 valence electrons. The molecule has 0 aromatic heterocycles. The summed E-state index contributed by atoms with van der Waals surface area (Å²) in [5, 5.41) is 0. The third-order valence-corrected chi connectivity index (χ3v) is 3.82. The van der Waals surface area contributed by atoms with E-state index in [-0.39, 0.29) is 21.1 Å². The van der Waals surface area contributed by atoms with Crippen LogP contribution in [0.25, 0.3) is 0 Å². The van der Waals surface area contributed by atoms with E-state index in [1.807, 2.05) is 0 Å². The Bertz CT molecular complexity index is 203. The molecule has 0 nitrogen and oxygen atoms in total. The Balaban J connectivity index is 2.59. The van der Waals surface area contributed by atoms with Crippen LogP contribution in [0.4, 0.5) is 0 Å². The van der Waals surface area contributed by atoms with Crippen LogP contribution in [-0.4, -0.2) is 24.6 Å². The third-order valence-electron chi connectivity index (χ3n) is 1.23. The van der Waals surface area contributed by atoms with Gasteiger partial charge in [0.15, 0.2) is 0 Å². The molecular formula is C7H4Sb. The van der Waals surface area contributed by atoms with Crippen molar-refractivity contribution < 1.29 is 0 Å². The summed E-state index contributed by atoms with van der Waals surface area (Å²) in [6.07, 6.45) is 8.61.